The van der Waals surface area contributed by atoms with E-state index in [1.54, 1.807) is 0 Å². The third kappa shape index (κ3) is 5.74. The lowest BCUT2D eigenvalue weighted by Crippen LogP contribution is -2.23. The first kappa shape index (κ1) is 16.2. The summed E-state index contributed by atoms with van der Waals surface area (Å²) in [5.41, 5.74) is 7.69. The Labute approximate surface area is 124 Å². The Hall–Kier alpha value is -0.870. The van der Waals surface area contributed by atoms with Crippen molar-refractivity contribution >= 4 is 27.5 Å². The van der Waals surface area contributed by atoms with Crippen LogP contribution in [-0.2, 0) is 4.79 Å². The second-order valence-corrected chi connectivity index (χ2v) is 6.30. The van der Waals surface area contributed by atoms with Gasteiger partial charge in [0.05, 0.1) is 0 Å². The van der Waals surface area contributed by atoms with E-state index in [9.17, 15) is 4.79 Å². The highest BCUT2D eigenvalue weighted by atomic mass is 79.9. The minimum atomic E-state index is 0.0341. The second kappa shape index (κ2) is 7.65. The number of hydrogen-bond acceptors (Lipinski definition) is 2. The summed E-state index contributed by atoms with van der Waals surface area (Å²) in [6.07, 6.45) is 1.47. The molecule has 4 heteroatoms. The first-order valence-corrected chi connectivity index (χ1v) is 7.47. The van der Waals surface area contributed by atoms with Gasteiger partial charge in [-0.15, -0.1) is 0 Å². The Morgan fingerprint density at radius 3 is 2.63 bits per heavy atom. The average molecular weight is 327 g/mol. The summed E-state index contributed by atoms with van der Waals surface area (Å²) in [6, 6.07) is 5.82. The number of benzene rings is 1. The lowest BCUT2D eigenvalue weighted by atomic mass is 9.94. The van der Waals surface area contributed by atoms with Crippen molar-refractivity contribution in [1.82, 2.24) is 0 Å². The fourth-order valence-corrected chi connectivity index (χ4v) is 2.45. The lowest BCUT2D eigenvalue weighted by Gasteiger charge is -2.16. The normalized spacial score (nSPS) is 12.5. The predicted octanol–water partition coefficient (Wildman–Crippen LogP) is 3.71. The van der Waals surface area contributed by atoms with Crippen LogP contribution in [0.5, 0.6) is 0 Å². The molecule has 0 fully saturated rings. The summed E-state index contributed by atoms with van der Waals surface area (Å²) < 4.78 is 1.00. The van der Waals surface area contributed by atoms with Gasteiger partial charge < -0.3 is 11.1 Å². The van der Waals surface area contributed by atoms with E-state index in [1.165, 1.54) is 0 Å². The fourth-order valence-electron chi connectivity index (χ4n) is 2.07. The number of nitrogens with two attached hydrogens (primary N) is 1. The molecule has 1 rings (SSSR count). The number of carbonyl (C=O) groups is 1. The van der Waals surface area contributed by atoms with Crippen molar-refractivity contribution in [3.05, 3.63) is 28.2 Å². The topological polar surface area (TPSA) is 55.1 Å². The van der Waals surface area contributed by atoms with Crippen molar-refractivity contribution in [2.75, 3.05) is 11.9 Å². The van der Waals surface area contributed by atoms with Gasteiger partial charge in [0.25, 0.3) is 0 Å². The van der Waals surface area contributed by atoms with Crippen molar-refractivity contribution in [2.24, 2.45) is 17.6 Å². The Balaban J connectivity index is 2.56. The first-order valence-electron chi connectivity index (χ1n) is 6.68. The van der Waals surface area contributed by atoms with Gasteiger partial charge in [-0.1, -0.05) is 35.8 Å². The number of nitrogens with one attached hydrogen (secondary N) is 1. The van der Waals surface area contributed by atoms with Gasteiger partial charge >= 0.3 is 0 Å². The number of anilines is 1. The zero-order chi connectivity index (χ0) is 14.4. The van der Waals surface area contributed by atoms with E-state index in [1.807, 2.05) is 25.1 Å². The fraction of sp³-hybridized carbons (Fsp3) is 0.533. The van der Waals surface area contributed by atoms with Gasteiger partial charge in [-0.2, -0.15) is 0 Å². The number of halogens is 1. The number of hydrogen-bond donors (Lipinski definition) is 2. The van der Waals surface area contributed by atoms with E-state index in [2.05, 4.69) is 35.1 Å². The number of amides is 1. The highest BCUT2D eigenvalue weighted by Gasteiger charge is 2.14. The number of aryl methyl sites for hydroxylation is 1. The van der Waals surface area contributed by atoms with Crippen molar-refractivity contribution in [3.63, 3.8) is 0 Å². The van der Waals surface area contributed by atoms with Gasteiger partial charge in [0.15, 0.2) is 0 Å². The van der Waals surface area contributed by atoms with Crippen LogP contribution in [0.25, 0.3) is 0 Å². The molecular formula is C15H23BrN2O. The molecule has 1 aromatic rings. The molecule has 0 saturated heterocycles. The molecule has 0 saturated carbocycles. The van der Waals surface area contributed by atoms with Crippen LogP contribution in [0.1, 0.15) is 32.3 Å². The molecule has 0 heterocycles. The molecule has 1 atom stereocenters. The summed E-state index contributed by atoms with van der Waals surface area (Å²) in [7, 11) is 0. The van der Waals surface area contributed by atoms with Crippen molar-refractivity contribution in [3.8, 4) is 0 Å². The maximum atomic E-state index is 12.0. The number of carbonyl (C=O) groups excluding carboxylic acids is 1. The molecule has 19 heavy (non-hydrogen) atoms. The van der Waals surface area contributed by atoms with Crippen LogP contribution >= 0.6 is 15.9 Å². The molecule has 0 aliphatic rings. The van der Waals surface area contributed by atoms with Crippen LogP contribution in [0.15, 0.2) is 22.7 Å². The Morgan fingerprint density at radius 1 is 1.42 bits per heavy atom. The van der Waals surface area contributed by atoms with E-state index in [-0.39, 0.29) is 11.8 Å². The number of rotatable bonds is 6. The van der Waals surface area contributed by atoms with Gasteiger partial charge in [-0.3, -0.25) is 4.79 Å². The molecule has 3 nitrogen and oxygen atoms in total. The van der Waals surface area contributed by atoms with Gasteiger partial charge in [-0.05, 0) is 49.4 Å². The van der Waals surface area contributed by atoms with Crippen molar-refractivity contribution in [2.45, 2.75) is 33.6 Å². The van der Waals surface area contributed by atoms with E-state index < -0.39 is 0 Å². The molecule has 0 spiro atoms. The smallest absolute Gasteiger partial charge is 0.224 e. The van der Waals surface area contributed by atoms with Crippen molar-refractivity contribution < 1.29 is 4.79 Å². The van der Waals surface area contributed by atoms with Crippen LogP contribution in [0.3, 0.4) is 0 Å². The molecule has 106 valence electrons. The highest BCUT2D eigenvalue weighted by Crippen LogP contribution is 2.21. The SMILES string of the molecule is Cc1ccc(NC(=O)CC(CN)CC(C)C)cc1Br. The molecule has 0 aromatic heterocycles. The van der Waals surface area contributed by atoms with Crippen LogP contribution < -0.4 is 11.1 Å². The van der Waals surface area contributed by atoms with Gasteiger partial charge in [0, 0.05) is 16.6 Å². The van der Waals surface area contributed by atoms with E-state index in [4.69, 9.17) is 5.73 Å². The lowest BCUT2D eigenvalue weighted by molar-refractivity contribution is -0.117. The zero-order valence-electron chi connectivity index (χ0n) is 11.9. The molecule has 1 unspecified atom stereocenters. The molecule has 3 N–H and O–H groups in total. The minimum absolute atomic E-state index is 0.0341. The average Bonchev–Trinajstić information content (AvgIpc) is 2.32. The van der Waals surface area contributed by atoms with Crippen LogP contribution in [0, 0.1) is 18.8 Å². The minimum Gasteiger partial charge on any atom is -0.330 e. The predicted molar refractivity (Wildman–Crippen MR) is 84.1 cm³/mol. The third-order valence-corrected chi connectivity index (χ3v) is 3.92. The van der Waals surface area contributed by atoms with Gasteiger partial charge in [-0.25, -0.2) is 0 Å². The molecule has 1 aromatic carbocycles. The maximum Gasteiger partial charge on any atom is 0.224 e. The van der Waals surface area contributed by atoms with Gasteiger partial charge in [0.2, 0.25) is 5.91 Å². The summed E-state index contributed by atoms with van der Waals surface area (Å²) in [5, 5.41) is 2.92. The molecule has 1 amide bonds. The monoisotopic (exact) mass is 326 g/mol. The standard InChI is InChI=1S/C15H23BrN2O/c1-10(2)6-12(9-17)7-15(19)18-13-5-4-11(3)14(16)8-13/h4-5,8,10,12H,6-7,9,17H2,1-3H3,(H,18,19). The summed E-state index contributed by atoms with van der Waals surface area (Å²) in [4.78, 5) is 12.0. The molecule has 0 aliphatic heterocycles. The molecule has 0 radical (unpaired) electrons. The Kier molecular flexibility index (Phi) is 6.52. The zero-order valence-corrected chi connectivity index (χ0v) is 13.5. The summed E-state index contributed by atoms with van der Waals surface area (Å²) in [6.45, 7) is 6.88. The first-order chi connectivity index (χ1) is 8.92. The van der Waals surface area contributed by atoms with Gasteiger partial charge in [0.1, 0.15) is 0 Å². The maximum absolute atomic E-state index is 12.0. The quantitative estimate of drug-likeness (QED) is 0.837. The molecule has 0 bridgehead atoms. The summed E-state index contributed by atoms with van der Waals surface area (Å²) >= 11 is 3.46. The van der Waals surface area contributed by atoms with Crippen LogP contribution in [0.2, 0.25) is 0 Å². The summed E-state index contributed by atoms with van der Waals surface area (Å²) in [5.74, 6) is 0.857. The molecule has 0 aliphatic carbocycles. The Morgan fingerprint density at radius 2 is 2.11 bits per heavy atom. The van der Waals surface area contributed by atoms with E-state index in [0.717, 1.165) is 22.1 Å². The second-order valence-electron chi connectivity index (χ2n) is 5.45. The van der Waals surface area contributed by atoms with Crippen LogP contribution in [-0.4, -0.2) is 12.5 Å². The van der Waals surface area contributed by atoms with Crippen molar-refractivity contribution in [1.29, 1.82) is 0 Å². The van der Waals surface area contributed by atoms with E-state index >= 15 is 0 Å². The third-order valence-electron chi connectivity index (χ3n) is 3.07. The largest absolute Gasteiger partial charge is 0.330 e. The highest BCUT2D eigenvalue weighted by molar-refractivity contribution is 9.10. The van der Waals surface area contributed by atoms with E-state index in [0.29, 0.717) is 18.9 Å². The Bertz CT molecular complexity index is 432. The van der Waals surface area contributed by atoms with Crippen LogP contribution in [0.4, 0.5) is 5.69 Å². The molecular weight excluding hydrogens is 304 g/mol.